The summed E-state index contributed by atoms with van der Waals surface area (Å²) < 4.78 is 0. The average molecular weight is 254 g/mol. The minimum Gasteiger partial charge on any atom is -0.355 e. The van der Waals surface area contributed by atoms with Crippen molar-refractivity contribution >= 4 is 17.7 Å². The second-order valence-corrected chi connectivity index (χ2v) is 6.89. The monoisotopic (exact) mass is 254 g/mol. The van der Waals surface area contributed by atoms with Gasteiger partial charge >= 0.3 is 0 Å². The third-order valence-electron chi connectivity index (χ3n) is 4.45. The van der Waals surface area contributed by atoms with E-state index in [0.29, 0.717) is 11.8 Å². The molecule has 1 aliphatic heterocycles. The summed E-state index contributed by atoms with van der Waals surface area (Å²) in [5, 5.41) is 3.13. The predicted octanol–water partition coefficient (Wildman–Crippen LogP) is 1.20. The minimum atomic E-state index is 0.323. The normalized spacial score (nSPS) is 36.6. The van der Waals surface area contributed by atoms with Gasteiger partial charge in [-0.3, -0.25) is 9.69 Å². The zero-order valence-electron chi connectivity index (χ0n) is 10.4. The molecule has 96 valence electrons. The number of rotatable bonds is 4. The Kier molecular flexibility index (Phi) is 3.61. The van der Waals surface area contributed by atoms with Crippen LogP contribution in [0.5, 0.6) is 0 Å². The van der Waals surface area contributed by atoms with Gasteiger partial charge in [0.25, 0.3) is 0 Å². The van der Waals surface area contributed by atoms with Crippen molar-refractivity contribution in [3.05, 3.63) is 0 Å². The third kappa shape index (κ3) is 2.97. The molecule has 2 atom stereocenters. The average Bonchev–Trinajstić information content (AvgIpc) is 2.97. The Morgan fingerprint density at radius 3 is 2.59 bits per heavy atom. The molecule has 0 aromatic rings. The van der Waals surface area contributed by atoms with Crippen LogP contribution < -0.4 is 5.32 Å². The molecule has 2 aliphatic carbocycles. The van der Waals surface area contributed by atoms with E-state index in [1.54, 1.807) is 0 Å². The van der Waals surface area contributed by atoms with E-state index in [2.05, 4.69) is 10.2 Å². The number of hydrogen-bond acceptors (Lipinski definition) is 3. The maximum absolute atomic E-state index is 11.9. The first kappa shape index (κ1) is 11.8. The number of hydrogen-bond donors (Lipinski definition) is 1. The fourth-order valence-electron chi connectivity index (χ4n) is 3.24. The summed E-state index contributed by atoms with van der Waals surface area (Å²) in [6.07, 6.45) is 3.73. The Hall–Kier alpha value is -0.220. The highest BCUT2D eigenvalue weighted by atomic mass is 32.2. The number of nitrogens with zero attached hydrogens (tertiary/aromatic N) is 1. The number of nitrogens with one attached hydrogen (secondary N) is 1. The van der Waals surface area contributed by atoms with Crippen molar-refractivity contribution in [2.24, 2.45) is 17.8 Å². The number of carbonyl (C=O) groups is 1. The van der Waals surface area contributed by atoms with Gasteiger partial charge in [-0.2, -0.15) is 11.8 Å². The Morgan fingerprint density at radius 2 is 1.88 bits per heavy atom. The molecule has 1 heterocycles. The first-order chi connectivity index (χ1) is 8.33. The smallest absolute Gasteiger partial charge is 0.223 e. The number of carbonyl (C=O) groups excluding carboxylic acids is 1. The van der Waals surface area contributed by atoms with Crippen LogP contribution in [0.15, 0.2) is 0 Å². The lowest BCUT2D eigenvalue weighted by molar-refractivity contribution is -0.125. The highest BCUT2D eigenvalue weighted by molar-refractivity contribution is 7.99. The van der Waals surface area contributed by atoms with E-state index in [0.717, 1.165) is 37.8 Å². The van der Waals surface area contributed by atoms with Crippen LogP contribution in [-0.4, -0.2) is 48.5 Å². The van der Waals surface area contributed by atoms with Gasteiger partial charge in [0, 0.05) is 43.6 Å². The molecule has 3 nitrogen and oxygen atoms in total. The van der Waals surface area contributed by atoms with Crippen molar-refractivity contribution in [3.8, 4) is 0 Å². The van der Waals surface area contributed by atoms with E-state index in [-0.39, 0.29) is 0 Å². The molecule has 3 aliphatic rings. The second-order valence-electron chi connectivity index (χ2n) is 5.67. The second kappa shape index (κ2) is 5.19. The Morgan fingerprint density at radius 1 is 1.18 bits per heavy atom. The molecule has 4 heteroatoms. The molecule has 0 aromatic carbocycles. The Balaban J connectivity index is 1.32. The molecular weight excluding hydrogens is 232 g/mol. The summed E-state index contributed by atoms with van der Waals surface area (Å²) >= 11 is 2.03. The van der Waals surface area contributed by atoms with Crippen LogP contribution >= 0.6 is 11.8 Å². The number of amides is 1. The Bertz CT molecular complexity index is 281. The standard InChI is InChI=1S/C13H22N2OS/c16-13(12-8-10-7-11(10)9-12)14-1-2-15-3-5-17-6-4-15/h10-12H,1-9H2,(H,14,16). The van der Waals surface area contributed by atoms with Gasteiger partial charge in [-0.15, -0.1) is 0 Å². The largest absolute Gasteiger partial charge is 0.355 e. The van der Waals surface area contributed by atoms with Gasteiger partial charge in [0.05, 0.1) is 0 Å². The van der Waals surface area contributed by atoms with E-state index >= 15 is 0 Å². The van der Waals surface area contributed by atoms with Crippen LogP contribution in [-0.2, 0) is 4.79 Å². The van der Waals surface area contributed by atoms with Gasteiger partial charge < -0.3 is 5.32 Å². The summed E-state index contributed by atoms with van der Waals surface area (Å²) in [6.45, 7) is 4.25. The summed E-state index contributed by atoms with van der Waals surface area (Å²) in [7, 11) is 0. The molecule has 0 radical (unpaired) electrons. The van der Waals surface area contributed by atoms with E-state index < -0.39 is 0 Å². The van der Waals surface area contributed by atoms with Crippen molar-refractivity contribution in [3.63, 3.8) is 0 Å². The van der Waals surface area contributed by atoms with Crippen LogP contribution in [0, 0.1) is 17.8 Å². The molecule has 0 bridgehead atoms. The lowest BCUT2D eigenvalue weighted by Crippen LogP contribution is -2.40. The highest BCUT2D eigenvalue weighted by Crippen LogP contribution is 2.54. The lowest BCUT2D eigenvalue weighted by atomic mass is 10.0. The van der Waals surface area contributed by atoms with Gasteiger partial charge in [0.2, 0.25) is 5.91 Å². The molecule has 3 rings (SSSR count). The molecule has 0 spiro atoms. The summed E-state index contributed by atoms with van der Waals surface area (Å²) in [6, 6.07) is 0. The van der Waals surface area contributed by atoms with Gasteiger partial charge in [-0.25, -0.2) is 0 Å². The van der Waals surface area contributed by atoms with Gasteiger partial charge in [-0.1, -0.05) is 0 Å². The quantitative estimate of drug-likeness (QED) is 0.818. The van der Waals surface area contributed by atoms with Gasteiger partial charge in [0.15, 0.2) is 0 Å². The molecule has 1 saturated heterocycles. The summed E-state index contributed by atoms with van der Waals surface area (Å²) in [5.41, 5.74) is 0. The van der Waals surface area contributed by atoms with Crippen LogP contribution in [0.1, 0.15) is 19.3 Å². The molecule has 1 amide bonds. The van der Waals surface area contributed by atoms with E-state index in [9.17, 15) is 4.79 Å². The van der Waals surface area contributed by atoms with Crippen LogP contribution in [0.25, 0.3) is 0 Å². The van der Waals surface area contributed by atoms with Crippen molar-refractivity contribution in [2.45, 2.75) is 19.3 Å². The number of thioether (sulfide) groups is 1. The summed E-state index contributed by atoms with van der Waals surface area (Å²) in [4.78, 5) is 14.4. The lowest BCUT2D eigenvalue weighted by Gasteiger charge is -2.26. The molecule has 1 N–H and O–H groups in total. The van der Waals surface area contributed by atoms with E-state index in [1.807, 2.05) is 11.8 Å². The van der Waals surface area contributed by atoms with Crippen molar-refractivity contribution < 1.29 is 4.79 Å². The molecule has 0 aromatic heterocycles. The molecule has 17 heavy (non-hydrogen) atoms. The first-order valence-electron chi connectivity index (χ1n) is 6.91. The van der Waals surface area contributed by atoms with Crippen LogP contribution in [0.3, 0.4) is 0 Å². The first-order valence-corrected chi connectivity index (χ1v) is 8.06. The van der Waals surface area contributed by atoms with Gasteiger partial charge in [0.1, 0.15) is 0 Å². The SMILES string of the molecule is O=C(NCCN1CCSCC1)C1CC2CC2C1. The number of fused-ring (bicyclic) bond motifs is 1. The maximum atomic E-state index is 11.9. The topological polar surface area (TPSA) is 32.3 Å². The predicted molar refractivity (Wildman–Crippen MR) is 71.1 cm³/mol. The van der Waals surface area contributed by atoms with Gasteiger partial charge in [-0.05, 0) is 31.1 Å². The zero-order chi connectivity index (χ0) is 11.7. The van der Waals surface area contributed by atoms with Crippen LogP contribution in [0.2, 0.25) is 0 Å². The fourth-order valence-corrected chi connectivity index (χ4v) is 4.21. The van der Waals surface area contributed by atoms with E-state index in [4.69, 9.17) is 0 Å². The molecular formula is C13H22N2OS. The maximum Gasteiger partial charge on any atom is 0.223 e. The van der Waals surface area contributed by atoms with Crippen molar-refractivity contribution in [2.75, 3.05) is 37.7 Å². The molecule has 2 unspecified atom stereocenters. The summed E-state index contributed by atoms with van der Waals surface area (Å²) in [5.74, 6) is 4.98. The van der Waals surface area contributed by atoms with Crippen LogP contribution in [0.4, 0.5) is 0 Å². The highest BCUT2D eigenvalue weighted by Gasteiger charge is 2.47. The minimum absolute atomic E-state index is 0.323. The molecule has 3 fully saturated rings. The molecule has 2 saturated carbocycles. The van der Waals surface area contributed by atoms with E-state index in [1.165, 1.54) is 31.0 Å². The zero-order valence-corrected chi connectivity index (χ0v) is 11.2. The van der Waals surface area contributed by atoms with Crippen molar-refractivity contribution in [1.82, 2.24) is 10.2 Å². The third-order valence-corrected chi connectivity index (χ3v) is 5.39. The Labute approximate surface area is 108 Å². The fraction of sp³-hybridized carbons (Fsp3) is 0.923. The van der Waals surface area contributed by atoms with Crippen molar-refractivity contribution in [1.29, 1.82) is 0 Å².